The normalized spacial score (nSPS) is 9.12. The minimum absolute atomic E-state index is 0.324. The molecule has 0 aliphatic rings. The summed E-state index contributed by atoms with van der Waals surface area (Å²) in [6, 6.07) is 5.03. The minimum atomic E-state index is -0.422. The Morgan fingerprint density at radius 3 is 2.94 bits per heavy atom. The van der Waals surface area contributed by atoms with E-state index in [1.54, 1.807) is 25.1 Å². The molecule has 3 nitrogen and oxygen atoms in total. The number of ether oxygens (including phenoxy) is 1. The Bertz CT molecular complexity index is 446. The molecule has 16 heavy (non-hydrogen) atoms. The van der Waals surface area contributed by atoms with Crippen molar-refractivity contribution in [2.75, 3.05) is 18.1 Å². The van der Waals surface area contributed by atoms with Gasteiger partial charge in [-0.1, -0.05) is 11.8 Å². The fourth-order valence-electron chi connectivity index (χ4n) is 1.16. The van der Waals surface area contributed by atoms with E-state index in [0.29, 0.717) is 23.6 Å². The Balaban J connectivity index is 3.03. The molecule has 1 aromatic rings. The number of benzene rings is 1. The van der Waals surface area contributed by atoms with Crippen LogP contribution >= 0.6 is 12.6 Å². The largest absolute Gasteiger partial charge is 0.462 e. The van der Waals surface area contributed by atoms with Crippen molar-refractivity contribution in [3.8, 4) is 11.8 Å². The minimum Gasteiger partial charge on any atom is -0.462 e. The van der Waals surface area contributed by atoms with Gasteiger partial charge in [-0.3, -0.25) is 0 Å². The van der Waals surface area contributed by atoms with Gasteiger partial charge in [-0.05, 0) is 25.1 Å². The molecular weight excluding hydrogens is 222 g/mol. The summed E-state index contributed by atoms with van der Waals surface area (Å²) in [5, 5.41) is 0. The number of anilines is 1. The van der Waals surface area contributed by atoms with Gasteiger partial charge in [-0.2, -0.15) is 12.6 Å². The zero-order valence-electron chi connectivity index (χ0n) is 8.99. The van der Waals surface area contributed by atoms with E-state index >= 15 is 0 Å². The van der Waals surface area contributed by atoms with Crippen LogP contribution in [0.5, 0.6) is 0 Å². The standard InChI is InChI=1S/C12H13NO2S/c1-2-15-12(14)10-8-9(4-3-7-16)5-6-11(10)13/h5-6,8,16H,2,7,13H2,1H3. The van der Waals surface area contributed by atoms with Crippen LogP contribution in [0, 0.1) is 11.8 Å². The van der Waals surface area contributed by atoms with Gasteiger partial charge in [0.05, 0.1) is 17.9 Å². The maximum absolute atomic E-state index is 11.5. The van der Waals surface area contributed by atoms with Crippen molar-refractivity contribution in [1.82, 2.24) is 0 Å². The molecule has 0 spiro atoms. The van der Waals surface area contributed by atoms with Gasteiger partial charge in [0, 0.05) is 11.3 Å². The molecule has 0 radical (unpaired) electrons. The van der Waals surface area contributed by atoms with E-state index in [1.807, 2.05) is 0 Å². The van der Waals surface area contributed by atoms with Crippen molar-refractivity contribution in [2.45, 2.75) is 6.92 Å². The average Bonchev–Trinajstić information content (AvgIpc) is 2.28. The van der Waals surface area contributed by atoms with Crippen LogP contribution in [0.1, 0.15) is 22.8 Å². The maximum atomic E-state index is 11.5. The van der Waals surface area contributed by atoms with E-state index in [1.165, 1.54) is 0 Å². The summed E-state index contributed by atoms with van der Waals surface area (Å²) in [7, 11) is 0. The van der Waals surface area contributed by atoms with E-state index in [4.69, 9.17) is 10.5 Å². The topological polar surface area (TPSA) is 52.3 Å². The first-order valence-corrected chi connectivity index (χ1v) is 5.48. The highest BCUT2D eigenvalue weighted by atomic mass is 32.1. The Kier molecular flexibility index (Phi) is 4.74. The Morgan fingerprint density at radius 1 is 1.56 bits per heavy atom. The van der Waals surface area contributed by atoms with Gasteiger partial charge in [-0.15, -0.1) is 0 Å². The molecule has 0 saturated carbocycles. The molecule has 0 aromatic heterocycles. The summed E-state index contributed by atoms with van der Waals surface area (Å²) in [6.45, 7) is 2.07. The molecule has 0 fully saturated rings. The van der Waals surface area contributed by atoms with Crippen molar-refractivity contribution in [3.05, 3.63) is 29.3 Å². The molecule has 0 unspecified atom stereocenters. The number of hydrogen-bond donors (Lipinski definition) is 2. The number of thiol groups is 1. The SMILES string of the molecule is CCOC(=O)c1cc(C#CCS)ccc1N. The Morgan fingerprint density at radius 2 is 2.31 bits per heavy atom. The second kappa shape index (κ2) is 6.09. The number of carbonyl (C=O) groups excluding carboxylic acids is 1. The molecule has 0 aliphatic heterocycles. The molecule has 1 aromatic carbocycles. The van der Waals surface area contributed by atoms with Gasteiger partial charge < -0.3 is 10.5 Å². The maximum Gasteiger partial charge on any atom is 0.340 e. The summed E-state index contributed by atoms with van der Waals surface area (Å²) in [4.78, 5) is 11.5. The summed E-state index contributed by atoms with van der Waals surface area (Å²) in [6.07, 6.45) is 0. The highest BCUT2D eigenvalue weighted by Gasteiger charge is 2.10. The van der Waals surface area contributed by atoms with E-state index in [-0.39, 0.29) is 0 Å². The summed E-state index contributed by atoms with van der Waals surface area (Å²) >= 11 is 3.98. The molecule has 0 amide bonds. The molecule has 0 heterocycles. The summed E-state index contributed by atoms with van der Waals surface area (Å²) < 4.78 is 4.89. The number of hydrogen-bond acceptors (Lipinski definition) is 4. The quantitative estimate of drug-likeness (QED) is 0.355. The smallest absolute Gasteiger partial charge is 0.340 e. The highest BCUT2D eigenvalue weighted by Crippen LogP contribution is 2.14. The van der Waals surface area contributed by atoms with Gasteiger partial charge in [0.15, 0.2) is 0 Å². The molecule has 0 saturated heterocycles. The molecular formula is C12H13NO2S. The monoisotopic (exact) mass is 235 g/mol. The first kappa shape index (κ1) is 12.5. The fourth-order valence-corrected chi connectivity index (χ4v) is 1.24. The van der Waals surface area contributed by atoms with Crippen LogP contribution in [0.15, 0.2) is 18.2 Å². The van der Waals surface area contributed by atoms with E-state index in [2.05, 4.69) is 24.5 Å². The molecule has 84 valence electrons. The van der Waals surface area contributed by atoms with Gasteiger partial charge in [0.25, 0.3) is 0 Å². The van der Waals surface area contributed by atoms with Crippen LogP contribution in [0.25, 0.3) is 0 Å². The third-order valence-electron chi connectivity index (χ3n) is 1.86. The number of nitrogens with two attached hydrogens (primary N) is 1. The van der Waals surface area contributed by atoms with Gasteiger partial charge >= 0.3 is 5.97 Å². The predicted molar refractivity (Wildman–Crippen MR) is 67.5 cm³/mol. The van der Waals surface area contributed by atoms with Crippen LogP contribution in [0.3, 0.4) is 0 Å². The van der Waals surface area contributed by atoms with Crippen LogP contribution in [0.4, 0.5) is 5.69 Å². The molecule has 0 atom stereocenters. The number of carbonyl (C=O) groups is 1. The highest BCUT2D eigenvalue weighted by molar-refractivity contribution is 7.80. The zero-order valence-corrected chi connectivity index (χ0v) is 9.88. The van der Waals surface area contributed by atoms with Crippen molar-refractivity contribution in [2.24, 2.45) is 0 Å². The van der Waals surface area contributed by atoms with Crippen LogP contribution < -0.4 is 5.73 Å². The number of rotatable bonds is 2. The Labute approximate surface area is 100 Å². The lowest BCUT2D eigenvalue weighted by atomic mass is 10.1. The van der Waals surface area contributed by atoms with Gasteiger partial charge in [0.1, 0.15) is 0 Å². The summed E-state index contributed by atoms with van der Waals surface area (Å²) in [5.41, 5.74) is 7.17. The second-order valence-electron chi connectivity index (χ2n) is 2.98. The molecule has 0 aliphatic carbocycles. The van der Waals surface area contributed by atoms with Crippen molar-refractivity contribution in [3.63, 3.8) is 0 Å². The first-order valence-electron chi connectivity index (χ1n) is 4.85. The lowest BCUT2D eigenvalue weighted by Crippen LogP contribution is -2.08. The zero-order chi connectivity index (χ0) is 12.0. The lowest BCUT2D eigenvalue weighted by molar-refractivity contribution is 0.0527. The lowest BCUT2D eigenvalue weighted by Gasteiger charge is -2.05. The van der Waals surface area contributed by atoms with Gasteiger partial charge in [-0.25, -0.2) is 4.79 Å². The third kappa shape index (κ3) is 3.21. The average molecular weight is 235 g/mol. The van der Waals surface area contributed by atoms with Crippen molar-refractivity contribution < 1.29 is 9.53 Å². The van der Waals surface area contributed by atoms with Crippen LogP contribution in [-0.4, -0.2) is 18.3 Å². The molecule has 0 bridgehead atoms. The fraction of sp³-hybridized carbons (Fsp3) is 0.250. The summed E-state index contributed by atoms with van der Waals surface area (Å²) in [5.74, 6) is 5.72. The number of nitrogen functional groups attached to an aromatic ring is 1. The second-order valence-corrected chi connectivity index (χ2v) is 3.30. The van der Waals surface area contributed by atoms with Gasteiger partial charge in [0.2, 0.25) is 0 Å². The van der Waals surface area contributed by atoms with Crippen LogP contribution in [0.2, 0.25) is 0 Å². The molecule has 1 rings (SSSR count). The van der Waals surface area contributed by atoms with E-state index in [9.17, 15) is 4.79 Å². The van der Waals surface area contributed by atoms with Crippen LogP contribution in [-0.2, 0) is 4.74 Å². The molecule has 4 heteroatoms. The predicted octanol–water partition coefficient (Wildman–Crippen LogP) is 1.73. The number of esters is 1. The third-order valence-corrected chi connectivity index (χ3v) is 2.02. The van der Waals surface area contributed by atoms with Crippen molar-refractivity contribution in [1.29, 1.82) is 0 Å². The van der Waals surface area contributed by atoms with Crippen molar-refractivity contribution >= 4 is 24.3 Å². The van der Waals surface area contributed by atoms with E-state index in [0.717, 1.165) is 5.56 Å². The molecule has 2 N–H and O–H groups in total. The first-order chi connectivity index (χ1) is 7.69. The van der Waals surface area contributed by atoms with E-state index < -0.39 is 5.97 Å². The Hall–Kier alpha value is -1.60.